The van der Waals surface area contributed by atoms with Crippen molar-refractivity contribution in [2.45, 2.75) is 48.0 Å². The first-order chi connectivity index (χ1) is 18.6. The van der Waals surface area contributed by atoms with Crippen molar-refractivity contribution in [3.63, 3.8) is 0 Å². The van der Waals surface area contributed by atoms with E-state index in [0.717, 1.165) is 62.3 Å². The molecule has 7 heteroatoms. The first-order valence-corrected chi connectivity index (χ1v) is 13.6. The highest BCUT2D eigenvalue weighted by Crippen LogP contribution is 2.46. The van der Waals surface area contributed by atoms with E-state index in [4.69, 9.17) is 0 Å². The Balaban J connectivity index is 1.76. The number of aromatic nitrogens is 3. The number of carboxylic acid groups (broad SMARTS) is 1. The summed E-state index contributed by atoms with van der Waals surface area (Å²) in [6, 6.07) is 0. The van der Waals surface area contributed by atoms with Gasteiger partial charge in [0, 0.05) is 67.7 Å². The molecule has 0 unspecified atom stereocenters. The van der Waals surface area contributed by atoms with Gasteiger partial charge in [0.15, 0.2) is 5.78 Å². The molecule has 3 aromatic rings. The highest BCUT2D eigenvalue weighted by molar-refractivity contribution is 6.24. The fraction of sp³-hybridized carbons (Fsp3) is 0.312. The minimum absolute atomic E-state index is 0.00127. The number of ketones is 1. The molecule has 0 amide bonds. The van der Waals surface area contributed by atoms with Crippen LogP contribution in [0.25, 0.3) is 29.9 Å². The van der Waals surface area contributed by atoms with E-state index in [2.05, 4.69) is 73.6 Å². The molecule has 0 aromatic carbocycles. The minimum Gasteiger partial charge on any atom is -0.480 e. The summed E-state index contributed by atoms with van der Waals surface area (Å²) < 4.78 is 0. The van der Waals surface area contributed by atoms with E-state index in [-0.39, 0.29) is 17.6 Å². The molecule has 1 fully saturated rings. The molecule has 7 nitrogen and oxygen atoms in total. The van der Waals surface area contributed by atoms with Gasteiger partial charge in [0.05, 0.1) is 5.69 Å². The summed E-state index contributed by atoms with van der Waals surface area (Å²) in [6.45, 7) is 16.5. The smallest absolute Gasteiger partial charge is 0.319 e. The van der Waals surface area contributed by atoms with Gasteiger partial charge in [-0.15, -0.1) is 0 Å². The Labute approximate surface area is 227 Å². The van der Waals surface area contributed by atoms with Gasteiger partial charge in [0.1, 0.15) is 5.92 Å². The number of aromatic amines is 3. The lowest BCUT2D eigenvalue weighted by Crippen LogP contribution is -2.23. The third-order valence-electron chi connectivity index (χ3n) is 9.12. The van der Waals surface area contributed by atoms with E-state index in [1.165, 1.54) is 11.1 Å². The fourth-order valence-electron chi connectivity index (χ4n) is 6.62. The minimum atomic E-state index is -1.24. The van der Waals surface area contributed by atoms with Crippen molar-refractivity contribution in [3.8, 4) is 0 Å². The molecular formula is C32H34N4O3. The van der Waals surface area contributed by atoms with E-state index >= 15 is 0 Å². The Morgan fingerprint density at radius 1 is 0.949 bits per heavy atom. The average Bonchev–Trinajstić information content (AvgIpc) is 3.62. The summed E-state index contributed by atoms with van der Waals surface area (Å²) in [4.78, 5) is 36.7. The van der Waals surface area contributed by atoms with Crippen LogP contribution in [0, 0.1) is 38.5 Å². The van der Waals surface area contributed by atoms with Crippen LogP contribution in [-0.4, -0.2) is 31.8 Å². The number of carbonyl (C=O) groups excluding carboxylic acids is 1. The molecule has 6 rings (SSSR count). The Kier molecular flexibility index (Phi) is 5.54. The molecule has 1 saturated heterocycles. The molecular weight excluding hydrogens is 488 g/mol. The van der Waals surface area contributed by atoms with Crippen LogP contribution in [-0.2, 0) is 11.2 Å². The van der Waals surface area contributed by atoms with Gasteiger partial charge in [-0.1, -0.05) is 33.4 Å². The zero-order valence-electron chi connectivity index (χ0n) is 23.2. The number of hydrogen-bond donors (Lipinski definition) is 5. The van der Waals surface area contributed by atoms with E-state index in [1.807, 2.05) is 19.1 Å². The number of aliphatic carboxylic acids is 1. The molecule has 5 N–H and O–H groups in total. The number of fused-ring (bicyclic) bond motifs is 7. The quantitative estimate of drug-likeness (QED) is 0.330. The Morgan fingerprint density at radius 3 is 2.31 bits per heavy atom. The monoisotopic (exact) mass is 522 g/mol. The molecule has 39 heavy (non-hydrogen) atoms. The van der Waals surface area contributed by atoms with Gasteiger partial charge in [-0.05, 0) is 67.7 Å². The molecule has 1 aliphatic carbocycles. The van der Waals surface area contributed by atoms with Crippen molar-refractivity contribution in [1.82, 2.24) is 20.3 Å². The van der Waals surface area contributed by atoms with E-state index in [9.17, 15) is 14.7 Å². The normalized spacial score (nSPS) is 26.4. The first-order valence-electron chi connectivity index (χ1n) is 13.6. The second-order valence-corrected chi connectivity index (χ2v) is 11.1. The zero-order valence-corrected chi connectivity index (χ0v) is 23.2. The molecule has 3 atom stereocenters. The predicted molar refractivity (Wildman–Crippen MR) is 154 cm³/mol. The summed E-state index contributed by atoms with van der Waals surface area (Å²) in [7, 11) is 0. The summed E-state index contributed by atoms with van der Waals surface area (Å²) in [5.74, 6) is -2.62. The van der Waals surface area contributed by atoms with Crippen LogP contribution in [0.15, 0.2) is 18.0 Å². The lowest BCUT2D eigenvalue weighted by molar-refractivity contribution is -0.138. The highest BCUT2D eigenvalue weighted by Gasteiger charge is 2.47. The number of allylic oxidation sites excluding steroid dienone is 2. The van der Waals surface area contributed by atoms with Crippen molar-refractivity contribution in [2.24, 2.45) is 17.8 Å². The second kappa shape index (κ2) is 8.63. The van der Waals surface area contributed by atoms with Crippen molar-refractivity contribution >= 4 is 41.6 Å². The van der Waals surface area contributed by atoms with Gasteiger partial charge in [-0.25, -0.2) is 0 Å². The van der Waals surface area contributed by atoms with Gasteiger partial charge >= 0.3 is 5.97 Å². The van der Waals surface area contributed by atoms with Crippen molar-refractivity contribution in [3.05, 3.63) is 84.8 Å². The number of Topliss-reactive ketones (excluding diaryl/α,β-unsaturated/α-hetero) is 1. The molecule has 3 aromatic heterocycles. The van der Waals surface area contributed by atoms with Crippen molar-refractivity contribution in [2.75, 3.05) is 0 Å². The van der Waals surface area contributed by atoms with Crippen molar-refractivity contribution < 1.29 is 14.7 Å². The molecule has 0 saturated carbocycles. The molecule has 200 valence electrons. The number of carbonyl (C=O) groups is 2. The standard InChI is InChI=1S/C32H34N4O3/c1-8-18-15(5)21-10-20-13(3)14(4)29(35-20)27-28(32(38)39)31(37)26-17(7)23(36-30(26)27)12-25-19(9-2)16(6)22(34-25)11-24(18)33-21/h8,10-14,28,33-36H,1,9H2,2-7H3,(H,38,39)/b20-10-,22-11-,25-12-,29-27-/t13-,14-,28+/m0/s1. The largest absolute Gasteiger partial charge is 0.480 e. The number of rotatable bonds is 3. The lowest BCUT2D eigenvalue weighted by atomic mass is 9.89. The maximum Gasteiger partial charge on any atom is 0.319 e. The van der Waals surface area contributed by atoms with E-state index in [0.29, 0.717) is 16.8 Å². The molecule has 0 radical (unpaired) electrons. The molecule has 3 aliphatic rings. The van der Waals surface area contributed by atoms with E-state index in [1.54, 1.807) is 0 Å². The van der Waals surface area contributed by atoms with Crippen LogP contribution < -0.4 is 16.0 Å². The average molecular weight is 523 g/mol. The van der Waals surface area contributed by atoms with Gasteiger partial charge in [-0.3, -0.25) is 9.59 Å². The topological polar surface area (TPSA) is 114 Å². The SMILES string of the molecule is C=Cc1c2[nH]c(c1C)/C=C1\N/C(=C3\c4[nH]c(c(C)c4C(=O)[C@@H]3C(=O)O)/C=c3\[nH]/c(c(C)c3CC)=C\2)[C@@H](C)[C@@H]1C. The third-order valence-corrected chi connectivity index (χ3v) is 9.12. The summed E-state index contributed by atoms with van der Waals surface area (Å²) in [5, 5.41) is 15.7. The van der Waals surface area contributed by atoms with Gasteiger partial charge in [-0.2, -0.15) is 0 Å². The lowest BCUT2D eigenvalue weighted by Gasteiger charge is -2.15. The van der Waals surface area contributed by atoms with Crippen LogP contribution in [0.4, 0.5) is 0 Å². The van der Waals surface area contributed by atoms with Crippen LogP contribution in [0.2, 0.25) is 0 Å². The number of nitrogens with one attached hydrogen (secondary N) is 4. The second-order valence-electron chi connectivity index (χ2n) is 11.1. The maximum atomic E-state index is 13.6. The summed E-state index contributed by atoms with van der Waals surface area (Å²) >= 11 is 0. The number of H-pyrrole nitrogens is 3. The van der Waals surface area contributed by atoms with Crippen molar-refractivity contribution in [1.29, 1.82) is 0 Å². The van der Waals surface area contributed by atoms with Gasteiger partial charge in [0.25, 0.3) is 0 Å². The molecule has 5 heterocycles. The molecule has 2 aliphatic heterocycles. The van der Waals surface area contributed by atoms with Crippen LogP contribution in [0.5, 0.6) is 0 Å². The Morgan fingerprint density at radius 2 is 1.64 bits per heavy atom. The van der Waals surface area contributed by atoms with Crippen LogP contribution in [0.1, 0.15) is 81.7 Å². The number of carboxylic acids is 1. The molecule has 0 spiro atoms. The molecule has 8 bridgehead atoms. The first kappa shape index (κ1) is 25.0. The maximum absolute atomic E-state index is 13.6. The Hall–Kier alpha value is -4.26. The van der Waals surface area contributed by atoms with Crippen LogP contribution >= 0.6 is 0 Å². The third kappa shape index (κ3) is 3.42. The summed E-state index contributed by atoms with van der Waals surface area (Å²) in [6.07, 6.45) is 9.02. The zero-order chi connectivity index (χ0) is 27.9. The van der Waals surface area contributed by atoms with Gasteiger partial charge < -0.3 is 25.4 Å². The van der Waals surface area contributed by atoms with Gasteiger partial charge in [0.2, 0.25) is 0 Å². The van der Waals surface area contributed by atoms with Crippen LogP contribution in [0.3, 0.4) is 0 Å². The number of hydrogen-bond acceptors (Lipinski definition) is 3. The fourth-order valence-corrected chi connectivity index (χ4v) is 6.62. The highest BCUT2D eigenvalue weighted by atomic mass is 16.4. The van der Waals surface area contributed by atoms with E-state index < -0.39 is 11.9 Å². The predicted octanol–water partition coefficient (Wildman–Crippen LogP) is 4.30. The Bertz CT molecular complexity index is 1800. The summed E-state index contributed by atoms with van der Waals surface area (Å²) in [5.41, 5.74) is 11.4.